The summed E-state index contributed by atoms with van der Waals surface area (Å²) in [5.41, 5.74) is 1.33. The van der Waals surface area contributed by atoms with E-state index < -0.39 is 0 Å². The second-order valence-electron chi connectivity index (χ2n) is 4.84. The molecule has 0 aliphatic heterocycles. The molecule has 0 spiro atoms. The first kappa shape index (κ1) is 13.4. The van der Waals surface area contributed by atoms with Gasteiger partial charge in [0.2, 0.25) is 0 Å². The van der Waals surface area contributed by atoms with Crippen molar-refractivity contribution < 1.29 is 0 Å². The van der Waals surface area contributed by atoms with Crippen LogP contribution in [0.2, 0.25) is 0 Å². The minimum absolute atomic E-state index is 0.425. The Balaban J connectivity index is 1.71. The molecule has 1 aliphatic carbocycles. The van der Waals surface area contributed by atoms with Crippen molar-refractivity contribution in [1.82, 2.24) is 5.32 Å². The monoisotopic (exact) mass is 315 g/mol. The standard InChI is InChI=1S/C14H19BrClN/c15-14-4-2-1-3-12(14)10-17-9-11-5-7-13(16)8-6-11/h1-4,11,13,17H,5-10H2. The third kappa shape index (κ3) is 4.27. The van der Waals surface area contributed by atoms with Gasteiger partial charge in [0, 0.05) is 16.4 Å². The number of nitrogens with one attached hydrogen (secondary N) is 1. The molecule has 3 heteroatoms. The van der Waals surface area contributed by atoms with E-state index in [4.69, 9.17) is 11.6 Å². The van der Waals surface area contributed by atoms with Gasteiger partial charge in [0.25, 0.3) is 0 Å². The first-order valence-corrected chi connectivity index (χ1v) is 7.57. The molecule has 1 N–H and O–H groups in total. The van der Waals surface area contributed by atoms with Gasteiger partial charge >= 0.3 is 0 Å². The van der Waals surface area contributed by atoms with Gasteiger partial charge in [-0.15, -0.1) is 11.6 Å². The predicted octanol–water partition coefficient (Wildman–Crippen LogP) is 4.34. The largest absolute Gasteiger partial charge is 0.312 e. The van der Waals surface area contributed by atoms with E-state index in [9.17, 15) is 0 Å². The molecule has 1 nitrogen and oxygen atoms in total. The maximum absolute atomic E-state index is 6.11. The van der Waals surface area contributed by atoms with Crippen LogP contribution >= 0.6 is 27.5 Å². The van der Waals surface area contributed by atoms with Crippen molar-refractivity contribution in [2.45, 2.75) is 37.6 Å². The zero-order chi connectivity index (χ0) is 12.1. The quantitative estimate of drug-likeness (QED) is 0.815. The van der Waals surface area contributed by atoms with Crippen LogP contribution in [-0.4, -0.2) is 11.9 Å². The summed E-state index contributed by atoms with van der Waals surface area (Å²) >= 11 is 9.68. The molecule has 0 saturated heterocycles. The van der Waals surface area contributed by atoms with Crippen molar-refractivity contribution in [3.05, 3.63) is 34.3 Å². The second-order valence-corrected chi connectivity index (χ2v) is 6.31. The molecule has 0 atom stereocenters. The summed E-state index contributed by atoms with van der Waals surface area (Å²) in [6, 6.07) is 8.39. The Morgan fingerprint density at radius 3 is 2.59 bits per heavy atom. The third-order valence-electron chi connectivity index (χ3n) is 3.48. The molecule has 2 rings (SSSR count). The molecule has 0 heterocycles. The minimum Gasteiger partial charge on any atom is -0.312 e. The molecule has 0 bridgehead atoms. The lowest BCUT2D eigenvalue weighted by Gasteiger charge is -2.25. The highest BCUT2D eigenvalue weighted by Crippen LogP contribution is 2.27. The van der Waals surface area contributed by atoms with Crippen molar-refractivity contribution in [3.63, 3.8) is 0 Å². The average Bonchev–Trinajstić information content (AvgIpc) is 2.34. The molecule has 0 amide bonds. The zero-order valence-electron chi connectivity index (χ0n) is 9.96. The number of rotatable bonds is 4. The van der Waals surface area contributed by atoms with Gasteiger partial charge in [0.05, 0.1) is 0 Å². The maximum atomic E-state index is 6.11. The molecular formula is C14H19BrClN. The van der Waals surface area contributed by atoms with Crippen molar-refractivity contribution in [2.24, 2.45) is 5.92 Å². The molecule has 0 aromatic heterocycles. The summed E-state index contributed by atoms with van der Waals surface area (Å²) in [7, 11) is 0. The lowest BCUT2D eigenvalue weighted by Crippen LogP contribution is -2.26. The molecule has 94 valence electrons. The molecule has 1 fully saturated rings. The number of alkyl halides is 1. The number of halogens is 2. The third-order valence-corrected chi connectivity index (χ3v) is 4.69. The summed E-state index contributed by atoms with van der Waals surface area (Å²) in [5, 5.41) is 3.98. The van der Waals surface area contributed by atoms with E-state index in [-0.39, 0.29) is 0 Å². The van der Waals surface area contributed by atoms with E-state index in [1.54, 1.807) is 0 Å². The SMILES string of the molecule is ClC1CCC(CNCc2ccccc2Br)CC1. The summed E-state index contributed by atoms with van der Waals surface area (Å²) in [4.78, 5) is 0. The van der Waals surface area contributed by atoms with E-state index in [1.807, 2.05) is 0 Å². The molecule has 1 aromatic carbocycles. The van der Waals surface area contributed by atoms with E-state index in [1.165, 1.54) is 35.7 Å². The van der Waals surface area contributed by atoms with Gasteiger partial charge in [0.1, 0.15) is 0 Å². The fraction of sp³-hybridized carbons (Fsp3) is 0.571. The zero-order valence-corrected chi connectivity index (χ0v) is 12.3. The van der Waals surface area contributed by atoms with Crippen molar-refractivity contribution >= 4 is 27.5 Å². The lowest BCUT2D eigenvalue weighted by atomic mass is 9.89. The van der Waals surface area contributed by atoms with Gasteiger partial charge in [-0.05, 0) is 49.8 Å². The van der Waals surface area contributed by atoms with Gasteiger partial charge in [-0.1, -0.05) is 34.1 Å². The maximum Gasteiger partial charge on any atom is 0.0336 e. The highest BCUT2D eigenvalue weighted by molar-refractivity contribution is 9.10. The summed E-state index contributed by atoms with van der Waals surface area (Å²) in [6.07, 6.45) is 4.92. The number of benzene rings is 1. The molecule has 1 aromatic rings. The molecule has 17 heavy (non-hydrogen) atoms. The smallest absolute Gasteiger partial charge is 0.0336 e. The van der Waals surface area contributed by atoms with Crippen LogP contribution in [0.5, 0.6) is 0 Å². The molecular weight excluding hydrogens is 298 g/mol. The lowest BCUT2D eigenvalue weighted by molar-refractivity contribution is 0.345. The van der Waals surface area contributed by atoms with E-state index in [0.717, 1.165) is 19.0 Å². The van der Waals surface area contributed by atoms with Gasteiger partial charge in [-0.3, -0.25) is 0 Å². The Morgan fingerprint density at radius 2 is 1.88 bits per heavy atom. The first-order chi connectivity index (χ1) is 8.25. The van der Waals surface area contributed by atoms with Crippen molar-refractivity contribution in [2.75, 3.05) is 6.54 Å². The molecule has 0 unspecified atom stereocenters. The number of hydrogen-bond donors (Lipinski definition) is 1. The van der Waals surface area contributed by atoms with E-state index in [2.05, 4.69) is 45.5 Å². The van der Waals surface area contributed by atoms with Gasteiger partial charge in [0.15, 0.2) is 0 Å². The van der Waals surface area contributed by atoms with Crippen LogP contribution in [0, 0.1) is 5.92 Å². The Bertz CT molecular complexity index is 348. The number of hydrogen-bond acceptors (Lipinski definition) is 1. The van der Waals surface area contributed by atoms with Crippen LogP contribution in [0.4, 0.5) is 0 Å². The summed E-state index contributed by atoms with van der Waals surface area (Å²) in [5.74, 6) is 0.812. The molecule has 1 saturated carbocycles. The fourth-order valence-corrected chi connectivity index (χ4v) is 3.06. The fourth-order valence-electron chi connectivity index (χ4n) is 2.38. The van der Waals surface area contributed by atoms with Crippen LogP contribution in [0.25, 0.3) is 0 Å². The highest BCUT2D eigenvalue weighted by Gasteiger charge is 2.18. The van der Waals surface area contributed by atoms with Crippen LogP contribution in [0.15, 0.2) is 28.7 Å². The van der Waals surface area contributed by atoms with Gasteiger partial charge < -0.3 is 5.32 Å². The highest BCUT2D eigenvalue weighted by atomic mass is 79.9. The van der Waals surface area contributed by atoms with Crippen LogP contribution in [0.1, 0.15) is 31.2 Å². The second kappa shape index (κ2) is 6.77. The first-order valence-electron chi connectivity index (χ1n) is 6.34. The van der Waals surface area contributed by atoms with Crippen LogP contribution in [-0.2, 0) is 6.54 Å². The molecule has 1 aliphatic rings. The van der Waals surface area contributed by atoms with Crippen molar-refractivity contribution in [1.29, 1.82) is 0 Å². The Labute approximate surface area is 117 Å². The van der Waals surface area contributed by atoms with Gasteiger partial charge in [-0.25, -0.2) is 0 Å². The Morgan fingerprint density at radius 1 is 1.18 bits per heavy atom. The average molecular weight is 317 g/mol. The summed E-state index contributed by atoms with van der Waals surface area (Å²) < 4.78 is 1.19. The normalized spacial score (nSPS) is 24.8. The molecule has 0 radical (unpaired) electrons. The Hall–Kier alpha value is -0.0500. The van der Waals surface area contributed by atoms with E-state index >= 15 is 0 Å². The van der Waals surface area contributed by atoms with Gasteiger partial charge in [-0.2, -0.15) is 0 Å². The van der Waals surface area contributed by atoms with E-state index in [0.29, 0.717) is 5.38 Å². The van der Waals surface area contributed by atoms with Crippen LogP contribution < -0.4 is 5.32 Å². The minimum atomic E-state index is 0.425. The van der Waals surface area contributed by atoms with Crippen LogP contribution in [0.3, 0.4) is 0 Å². The summed E-state index contributed by atoms with van der Waals surface area (Å²) in [6.45, 7) is 2.06. The predicted molar refractivity (Wildman–Crippen MR) is 77.4 cm³/mol. The van der Waals surface area contributed by atoms with Crippen molar-refractivity contribution in [3.8, 4) is 0 Å². The Kier molecular flexibility index (Phi) is 5.33. The topological polar surface area (TPSA) is 12.0 Å².